The highest BCUT2D eigenvalue weighted by Gasteiger charge is 2.56. The number of primary amides is 1. The minimum Gasteiger partial charge on any atom is -0.481 e. The fraction of sp³-hybridized carbons (Fsp3) is 0.432. The van der Waals surface area contributed by atoms with Gasteiger partial charge in [0.1, 0.15) is 11.2 Å². The number of esters is 2. The molecule has 9 aliphatic rings. The molecule has 3 fully saturated rings. The number of amides is 6. The van der Waals surface area contributed by atoms with Gasteiger partial charge in [0.05, 0.1) is 79.5 Å². The number of nitrogens with two attached hydrogens (primary N) is 2. The molecule has 6 amide bonds. The first-order chi connectivity index (χ1) is 59.3. The second kappa shape index (κ2) is 37.3. The van der Waals surface area contributed by atoms with Crippen molar-refractivity contribution < 1.29 is 97.2 Å². The van der Waals surface area contributed by atoms with Gasteiger partial charge in [0.15, 0.2) is 6.17 Å². The summed E-state index contributed by atoms with van der Waals surface area (Å²) in [4.78, 5) is 134. The van der Waals surface area contributed by atoms with E-state index in [0.717, 1.165) is 56.7 Å². The van der Waals surface area contributed by atoms with Crippen LogP contribution in [-0.4, -0.2) is 126 Å². The highest BCUT2D eigenvalue weighted by atomic mass is 19.4. The molecule has 7 N–H and O–H groups in total. The average Bonchev–Trinajstić information content (AvgIpc) is 1.66. The zero-order valence-electron chi connectivity index (χ0n) is 71.2. The average molecular weight is 1750 g/mol. The van der Waals surface area contributed by atoms with E-state index < -0.39 is 147 Å². The number of alkyl halides is 9. The zero-order chi connectivity index (χ0) is 91.5. The number of hydrogen-bond acceptors (Lipinski definition) is 15. The monoisotopic (exact) mass is 1750 g/mol. The molecule has 6 aromatic carbocycles. The molecule has 8 atom stereocenters. The molecule has 3 aliphatic heterocycles. The Balaban J connectivity index is 0.000000160. The first-order valence-corrected chi connectivity index (χ1v) is 42.0. The number of carbonyl (C=O) groups excluding carboxylic acids is 8. The molecule has 5 unspecified atom stereocenters. The zero-order valence-corrected chi connectivity index (χ0v) is 71.2. The molecule has 0 saturated heterocycles. The Morgan fingerprint density at radius 2 is 0.770 bits per heavy atom. The van der Waals surface area contributed by atoms with Gasteiger partial charge < -0.3 is 51.4 Å². The lowest BCUT2D eigenvalue weighted by molar-refractivity contribution is -0.176. The summed E-state index contributed by atoms with van der Waals surface area (Å²) in [5, 5.41) is 15.1. The van der Waals surface area contributed by atoms with Gasteiger partial charge in [0, 0.05) is 60.4 Å². The van der Waals surface area contributed by atoms with Gasteiger partial charge in [0.25, 0.3) is 17.7 Å². The number of fused-ring (bicyclic) bond motifs is 3. The molecule has 6 aromatic rings. The number of aliphatic imine (C=N–C) groups is 3. The van der Waals surface area contributed by atoms with E-state index in [4.69, 9.17) is 20.9 Å². The number of benzodiazepines with no additional fused rings is 3. The van der Waals surface area contributed by atoms with Crippen LogP contribution in [-0.2, 0) is 71.2 Å². The number of nitrogens with zero attached hydrogens (tertiary/aromatic N) is 6. The maximum Gasteiger partial charge on any atom is 0.417 e. The third-order valence-corrected chi connectivity index (χ3v) is 24.1. The Hall–Kier alpha value is -11.9. The van der Waals surface area contributed by atoms with E-state index in [1.165, 1.54) is 90.4 Å². The van der Waals surface area contributed by atoms with Crippen LogP contribution in [0, 0.1) is 58.2 Å². The number of likely N-dealkylation sites (N-methyl/N-ethyl adjacent to an activating group) is 3. The first kappa shape index (κ1) is 93.3. The van der Waals surface area contributed by atoms with Crippen molar-refractivity contribution in [3.8, 4) is 0 Å². The lowest BCUT2D eigenvalue weighted by atomic mass is 9.70. The van der Waals surface area contributed by atoms with E-state index in [0.29, 0.717) is 97.0 Å². The van der Waals surface area contributed by atoms with Crippen LogP contribution in [0.25, 0.3) is 0 Å². The number of aliphatic carboxylic acids is 1. The first-order valence-electron chi connectivity index (χ1n) is 42.0. The highest BCUT2D eigenvalue weighted by Crippen LogP contribution is 2.52. The van der Waals surface area contributed by atoms with Crippen LogP contribution < -0.4 is 36.8 Å². The molecule has 0 bridgehead atoms. The quantitative estimate of drug-likeness (QED) is 0.0270. The topological polar surface area (TPSA) is 315 Å². The molecule has 0 spiro atoms. The number of ether oxygens (including phenoxy) is 2. The normalized spacial score (nSPS) is 21.4. The van der Waals surface area contributed by atoms with Crippen molar-refractivity contribution in [1.82, 2.24) is 10.6 Å². The number of halogens is 9. The molecule has 3 saturated carbocycles. The second-order valence-corrected chi connectivity index (χ2v) is 35.5. The van der Waals surface area contributed by atoms with Crippen LogP contribution in [0.15, 0.2) is 197 Å². The maximum absolute atomic E-state index is 14.2. The van der Waals surface area contributed by atoms with Crippen molar-refractivity contribution in [3.63, 3.8) is 0 Å². The molecule has 31 heteroatoms. The molecular weight excluding hydrogens is 1640 g/mol. The van der Waals surface area contributed by atoms with Crippen LogP contribution in [0.2, 0.25) is 0 Å². The predicted molar refractivity (Wildman–Crippen MR) is 456 cm³/mol. The largest absolute Gasteiger partial charge is 0.481 e. The predicted octanol–water partition coefficient (Wildman–Crippen LogP) is 16.1. The number of hydrogen-bond donors (Lipinski definition) is 5. The summed E-state index contributed by atoms with van der Waals surface area (Å²) in [6.07, 6.45) is 2.58. The number of rotatable bonds is 20. The molecule has 126 heavy (non-hydrogen) atoms. The summed E-state index contributed by atoms with van der Waals surface area (Å²) < 4.78 is 136. The lowest BCUT2D eigenvalue weighted by Gasteiger charge is -2.37. The van der Waals surface area contributed by atoms with Gasteiger partial charge in [0.2, 0.25) is 30.1 Å². The van der Waals surface area contributed by atoms with Crippen molar-refractivity contribution in [1.29, 1.82) is 0 Å². The van der Waals surface area contributed by atoms with Gasteiger partial charge in [-0.3, -0.25) is 48.1 Å². The summed E-state index contributed by atoms with van der Waals surface area (Å²) in [7, 11) is 4.53. The number of carboxylic acids is 1. The van der Waals surface area contributed by atoms with Gasteiger partial charge in [-0.1, -0.05) is 184 Å². The summed E-state index contributed by atoms with van der Waals surface area (Å²) in [5.41, 5.74) is 7.00. The van der Waals surface area contributed by atoms with Gasteiger partial charge in [-0.25, -0.2) is 9.98 Å². The van der Waals surface area contributed by atoms with E-state index in [-0.39, 0.29) is 51.6 Å². The van der Waals surface area contributed by atoms with E-state index in [1.807, 2.05) is 51.2 Å². The second-order valence-electron chi connectivity index (χ2n) is 35.5. The van der Waals surface area contributed by atoms with Gasteiger partial charge in [-0.05, 0) is 153 Å². The van der Waals surface area contributed by atoms with Gasteiger partial charge >= 0.3 is 36.4 Å². The van der Waals surface area contributed by atoms with Crippen molar-refractivity contribution >= 4 is 87.5 Å². The number of carbonyl (C=O) groups is 9. The van der Waals surface area contributed by atoms with Gasteiger partial charge in [-0.2, -0.15) is 39.5 Å². The highest BCUT2D eigenvalue weighted by molar-refractivity contribution is 6.23. The number of para-hydroxylation sites is 3. The van der Waals surface area contributed by atoms with Crippen LogP contribution in [0.1, 0.15) is 182 Å². The van der Waals surface area contributed by atoms with E-state index in [2.05, 4.69) is 25.6 Å². The van der Waals surface area contributed by atoms with Crippen LogP contribution >= 0.6 is 0 Å². The Kier molecular flexibility index (Phi) is 27.6. The van der Waals surface area contributed by atoms with Crippen molar-refractivity contribution in [3.05, 3.63) is 232 Å². The van der Waals surface area contributed by atoms with E-state index in [1.54, 1.807) is 99.6 Å². The molecule has 0 aromatic heterocycles. The molecule has 22 nitrogen and oxygen atoms in total. The van der Waals surface area contributed by atoms with Crippen LogP contribution in [0.3, 0.4) is 0 Å². The molecule has 6 aliphatic carbocycles. The minimum atomic E-state index is -4.68. The van der Waals surface area contributed by atoms with Gasteiger partial charge in [-0.15, -0.1) is 0 Å². The van der Waals surface area contributed by atoms with Crippen LogP contribution in [0.5, 0.6) is 0 Å². The SMILES string of the molecule is CC(C)(C)OC(=O)C1([C@@H](CC2CC2)C(=O)O)CC=CC1.CN1C(=O)C(N)N=C(c2ccccc2C(F)(F)F)c2ccccc21.CN1C(=O)C(NC(=O)[C@H](CC2CC2)C2(C(=O)OC(C)(C)C)CC=CC2)N=C(c2ccccc2C(F)(F)F)c2ccccc21.CN1C(=O)C(NC(=O)[C@H](CC2CC2)C2C=CC(C(N)=O)C2)N=C(c2ccccc2C(F)(F)F)c2ccccc21. The molecular formula is C95H103F9N10O12. The minimum absolute atomic E-state index is 0.0326. The number of anilines is 3. The number of nitrogens with one attached hydrogen (secondary N) is 2. The van der Waals surface area contributed by atoms with Crippen molar-refractivity contribution in [2.75, 3.05) is 35.8 Å². The standard InChI is InChI=1S/C33H36F3N3O4.C29H29F3N4O3.C17H14F3N3O.C16H24O4/c1-31(2,3)43-30(42)32(17-9-10-18-32)24(19-20-15-16-20)28(40)38-27-29(41)39(4)25-14-8-6-12-22(25)26(37-27)21-11-5-7-13-23(21)33(34,35)36;1-36-23-9-5-3-7-20(23)24(19-6-2-4-8-22(19)29(30,31)32)34-26(28(36)39)35-27(38)21(14-16-10-11-16)17-12-13-18(15-17)25(33)37;1-23-13-9-5-3-7-11(13)14(22-15(21)16(23)24)10-6-2-4-8-12(10)17(18,19)20;1-15(2,3)20-14(19)16(8-4-5-9-16)12(13(17)18)10-11-6-7-11/h5-14,20,24,27H,15-19H2,1-4H3,(H,38,40);2-9,12-13,16-18,21,26H,10-11,14-15H2,1H3,(H2,33,37)(H,35,38);2-9,15H,21H2,1H3;4-5,11-12H,6-10H2,1-3H3,(H,17,18)/t24-,27?;17?,18?,21-,26?;;12-/m01.0/s1. The fourth-order valence-electron chi connectivity index (χ4n) is 16.9. The Bertz CT molecular complexity index is 5340. The number of allylic oxidation sites excluding steroid dienone is 5. The summed E-state index contributed by atoms with van der Waals surface area (Å²) >= 11 is 0. The third kappa shape index (κ3) is 21.4. The van der Waals surface area contributed by atoms with E-state index >= 15 is 0 Å². The summed E-state index contributed by atoms with van der Waals surface area (Å²) in [6.45, 7) is 10.8. The smallest absolute Gasteiger partial charge is 0.417 e. The summed E-state index contributed by atoms with van der Waals surface area (Å²) in [5.74, 6) is -6.41. The molecule has 0 radical (unpaired) electrons. The number of carboxylic acid groups (broad SMARTS) is 1. The number of benzene rings is 6. The van der Waals surface area contributed by atoms with Crippen molar-refractivity contribution in [2.45, 2.75) is 180 Å². The molecule has 668 valence electrons. The lowest BCUT2D eigenvalue weighted by Crippen LogP contribution is -2.53. The summed E-state index contributed by atoms with van der Waals surface area (Å²) in [6, 6.07) is 35.0. The fourth-order valence-corrected chi connectivity index (χ4v) is 16.9. The maximum atomic E-state index is 14.2. The third-order valence-electron chi connectivity index (χ3n) is 24.1. The molecule has 3 heterocycles. The Labute approximate surface area is 724 Å². The van der Waals surface area contributed by atoms with Crippen molar-refractivity contribution in [2.24, 2.45) is 84.6 Å². The Morgan fingerprint density at radius 1 is 0.452 bits per heavy atom. The Morgan fingerprint density at radius 3 is 1.11 bits per heavy atom. The molecule has 15 rings (SSSR count). The van der Waals surface area contributed by atoms with E-state index in [9.17, 15) is 87.8 Å². The van der Waals surface area contributed by atoms with Crippen LogP contribution in [0.4, 0.5) is 56.6 Å².